The fraction of sp³-hybridized carbons (Fsp3) is 0.628. The van der Waals surface area contributed by atoms with Crippen molar-refractivity contribution >= 4 is 17.1 Å². The number of fused-ring (bicyclic) bond motifs is 4. The monoisotopic (exact) mass is 1260 g/mol. The van der Waals surface area contributed by atoms with E-state index in [-0.39, 0.29) is 11.6 Å². The van der Waals surface area contributed by atoms with E-state index >= 15 is 0 Å². The smallest absolute Gasteiger partial charge is 0.193 e. The van der Waals surface area contributed by atoms with Crippen molar-refractivity contribution in [2.24, 2.45) is 35.5 Å². The lowest BCUT2D eigenvalue weighted by molar-refractivity contribution is -0.0352. The summed E-state index contributed by atoms with van der Waals surface area (Å²) in [5.74, 6) is 10.3. The number of thiophene rings is 1. The number of carbonyl (C=O) groups is 1. The zero-order valence-corrected chi connectivity index (χ0v) is 56.0. The van der Waals surface area contributed by atoms with Crippen LogP contribution in [0.5, 0.6) is 23.0 Å². The van der Waals surface area contributed by atoms with Gasteiger partial charge in [0.2, 0.25) is 0 Å². The highest BCUT2D eigenvalue weighted by Gasteiger charge is 2.45. The number of benzene rings is 4. The third-order valence-corrected chi connectivity index (χ3v) is 24.5. The lowest BCUT2D eigenvalue weighted by Crippen LogP contribution is -2.45. The first-order valence-corrected chi connectivity index (χ1v) is 36.7. The molecule has 1 aromatic heterocycles. The SMILES string of the molecule is COc1ccc(C(=O)c2ccsc2)cc1C1CCN([C@H]2C[C@H]3CCC2C3)CC1.COc1ccc(F)cc1C1(O)CCN(CC2CCOCC2)CC1.COc1ccccc1C1CCN(CC2CCCC2)CC1.Oc1ccccc1C1CCN([C@H]2C[C@H]3CCC2C3)CC1. The number of halogens is 1. The number of carbonyl (C=O) groups excluding carboxylic acids is 1. The fourth-order valence-electron chi connectivity index (χ4n) is 18.7. The van der Waals surface area contributed by atoms with E-state index in [1.165, 1.54) is 190 Å². The van der Waals surface area contributed by atoms with Crippen LogP contribution in [0.15, 0.2) is 102 Å². The molecule has 10 aliphatic rings. The largest absolute Gasteiger partial charge is 0.508 e. The zero-order valence-electron chi connectivity index (χ0n) is 55.2. The van der Waals surface area contributed by atoms with Gasteiger partial charge in [0.25, 0.3) is 0 Å². The molecule has 4 bridgehead atoms. The van der Waals surface area contributed by atoms with Crippen LogP contribution in [0.4, 0.5) is 4.39 Å². The van der Waals surface area contributed by atoms with E-state index in [1.807, 2.05) is 41.1 Å². The highest BCUT2D eigenvalue weighted by Crippen LogP contribution is 2.50. The number of para-hydroxylation sites is 2. The molecule has 91 heavy (non-hydrogen) atoms. The van der Waals surface area contributed by atoms with Gasteiger partial charge < -0.3 is 48.8 Å². The minimum absolute atomic E-state index is 0.115. The Balaban J connectivity index is 0.000000118. The molecule has 0 spiro atoms. The third kappa shape index (κ3) is 16.5. The van der Waals surface area contributed by atoms with E-state index < -0.39 is 5.60 Å². The number of nitrogens with zero attached hydrogens (tertiary/aromatic N) is 4. The van der Waals surface area contributed by atoms with Crippen molar-refractivity contribution in [3.8, 4) is 23.0 Å². The summed E-state index contributed by atoms with van der Waals surface area (Å²) in [5.41, 5.74) is 4.94. The Bertz CT molecular complexity index is 3060. The highest BCUT2D eigenvalue weighted by atomic mass is 32.1. The number of piperidine rings is 4. The van der Waals surface area contributed by atoms with Gasteiger partial charge in [-0.15, -0.1) is 0 Å². The molecule has 494 valence electrons. The summed E-state index contributed by atoms with van der Waals surface area (Å²) in [5, 5.41) is 24.9. The molecule has 2 unspecified atom stereocenters. The number of likely N-dealkylation sites (tertiary alicyclic amines) is 4. The van der Waals surface area contributed by atoms with Crippen molar-refractivity contribution in [3.63, 3.8) is 0 Å². The second-order valence-corrected chi connectivity index (χ2v) is 29.9. The molecule has 10 fully saturated rings. The predicted octanol–water partition coefficient (Wildman–Crippen LogP) is 15.7. The van der Waals surface area contributed by atoms with Gasteiger partial charge in [-0.2, -0.15) is 11.3 Å². The van der Waals surface area contributed by atoms with Crippen LogP contribution in [-0.2, 0) is 10.3 Å². The zero-order chi connectivity index (χ0) is 62.7. The lowest BCUT2D eigenvalue weighted by atomic mass is 9.83. The number of hydrogen-bond acceptors (Lipinski definition) is 12. The number of aliphatic hydroxyl groups is 1. The van der Waals surface area contributed by atoms with E-state index in [1.54, 1.807) is 38.7 Å². The van der Waals surface area contributed by atoms with Crippen LogP contribution in [0.1, 0.15) is 197 Å². The Morgan fingerprint density at radius 1 is 0.549 bits per heavy atom. The van der Waals surface area contributed by atoms with E-state index in [9.17, 15) is 19.4 Å². The number of rotatable bonds is 15. The van der Waals surface area contributed by atoms with Crippen LogP contribution < -0.4 is 14.2 Å². The molecular formula is C78H107FN4O7S. The average molecular weight is 1260 g/mol. The van der Waals surface area contributed by atoms with Gasteiger partial charge in [0.05, 0.1) is 26.9 Å². The van der Waals surface area contributed by atoms with Crippen LogP contribution in [-0.4, -0.2) is 148 Å². The fourth-order valence-corrected chi connectivity index (χ4v) is 19.3. The molecule has 2 N–H and O–H groups in total. The van der Waals surface area contributed by atoms with E-state index in [0.717, 1.165) is 110 Å². The molecule has 0 radical (unpaired) electrons. The van der Waals surface area contributed by atoms with Gasteiger partial charge >= 0.3 is 0 Å². The number of ketones is 1. The van der Waals surface area contributed by atoms with Crippen molar-refractivity contribution in [2.45, 2.75) is 177 Å². The number of methoxy groups -OCH3 is 3. The first kappa shape index (κ1) is 66.2. The van der Waals surface area contributed by atoms with Gasteiger partial charge in [0, 0.05) is 73.5 Å². The summed E-state index contributed by atoms with van der Waals surface area (Å²) in [6, 6.07) is 30.5. The minimum Gasteiger partial charge on any atom is -0.508 e. The highest BCUT2D eigenvalue weighted by molar-refractivity contribution is 7.08. The predicted molar refractivity (Wildman–Crippen MR) is 364 cm³/mol. The van der Waals surface area contributed by atoms with Crippen molar-refractivity contribution in [1.82, 2.24) is 19.6 Å². The lowest BCUT2D eigenvalue weighted by Gasteiger charge is -2.40. The summed E-state index contributed by atoms with van der Waals surface area (Å²) in [4.78, 5) is 23.4. The van der Waals surface area contributed by atoms with E-state index in [2.05, 4.69) is 62.1 Å². The average Bonchev–Trinajstić information content (AvgIpc) is 2.58. The minimum atomic E-state index is -1.00. The van der Waals surface area contributed by atoms with Crippen LogP contribution in [0.25, 0.3) is 0 Å². The summed E-state index contributed by atoms with van der Waals surface area (Å²) in [6.07, 6.45) is 28.4. The third-order valence-electron chi connectivity index (χ3n) is 23.9. The second kappa shape index (κ2) is 31.6. The summed E-state index contributed by atoms with van der Waals surface area (Å²) in [6.45, 7) is 13.2. The molecule has 6 atom stereocenters. The van der Waals surface area contributed by atoms with Gasteiger partial charge in [-0.3, -0.25) is 4.79 Å². The molecule has 11 nitrogen and oxygen atoms in total. The van der Waals surface area contributed by atoms with Crippen LogP contribution in [0, 0.1) is 41.3 Å². The molecule has 5 aliphatic carbocycles. The molecule has 5 saturated heterocycles. The van der Waals surface area contributed by atoms with Crippen molar-refractivity contribution < 1.29 is 38.3 Å². The molecule has 15 rings (SSSR count). The summed E-state index contributed by atoms with van der Waals surface area (Å²) in [7, 11) is 5.08. The number of phenolic OH excluding ortho intramolecular Hbond substituents is 1. The Morgan fingerprint density at radius 3 is 1.64 bits per heavy atom. The molecule has 13 heteroatoms. The quantitative estimate of drug-likeness (QED) is 0.0979. The Morgan fingerprint density at radius 2 is 1.08 bits per heavy atom. The number of phenols is 1. The molecule has 5 aromatic rings. The van der Waals surface area contributed by atoms with E-state index in [0.29, 0.717) is 53.6 Å². The van der Waals surface area contributed by atoms with Crippen LogP contribution >= 0.6 is 11.3 Å². The van der Waals surface area contributed by atoms with Crippen molar-refractivity contribution in [2.75, 3.05) is 100.0 Å². The van der Waals surface area contributed by atoms with Gasteiger partial charge in [0.15, 0.2) is 5.78 Å². The number of ether oxygens (including phenoxy) is 4. The Hall–Kier alpha value is -4.86. The molecule has 4 aromatic carbocycles. The second-order valence-electron chi connectivity index (χ2n) is 29.2. The normalized spacial score (nSPS) is 26.9. The topological polar surface area (TPSA) is 107 Å². The molecule has 5 aliphatic heterocycles. The van der Waals surface area contributed by atoms with E-state index in [4.69, 9.17) is 18.9 Å². The summed E-state index contributed by atoms with van der Waals surface area (Å²) >= 11 is 1.57. The molecule has 6 heterocycles. The Labute approximate surface area is 548 Å². The molecule has 0 amide bonds. The first-order chi connectivity index (χ1) is 44.5. The van der Waals surface area contributed by atoms with Gasteiger partial charge in [0.1, 0.15) is 28.8 Å². The molecule has 5 saturated carbocycles. The van der Waals surface area contributed by atoms with Crippen molar-refractivity contribution in [3.05, 3.63) is 141 Å². The Kier molecular flexibility index (Phi) is 23.0. The van der Waals surface area contributed by atoms with Gasteiger partial charge in [-0.1, -0.05) is 62.1 Å². The molecular weight excluding hydrogens is 1160 g/mol. The standard InChI is InChI=1S/C24H29NO2S.C18H26FNO3.C18H25NO.C18H27NO/c1-27-23-5-4-19(24(26)20-8-11-28-15-20)14-21(23)17-6-9-25(10-7-17)22-13-16-2-3-18(22)12-16;1-22-17-3-2-15(19)12-16(17)18(21)6-8-20(9-7-18)13-14-4-10-23-11-5-14;20-18-4-2-1-3-16(18)14-7-9-19(10-8-14)17-12-13-5-6-15(17)11-13;1-20-18-9-5-4-8-17(18)16-10-12-19(13-11-16)14-15-6-2-3-7-15/h4-5,8,11,14-18,22H,2-3,6-7,9-10,12-13H2,1H3;2-3,12,14,21H,4-11,13H2,1H3;1-4,13-15,17,20H,5-12H2;4-5,8-9,15-16H,2-3,6-7,10-14H2,1H3/t16-,18?,22-;;13-,15?,17-;/m0.0./s1. The maximum absolute atomic E-state index is 13.6. The number of aromatic hydroxyl groups is 1. The first-order valence-electron chi connectivity index (χ1n) is 35.7. The van der Waals surface area contributed by atoms with Crippen molar-refractivity contribution in [1.29, 1.82) is 0 Å². The number of hydrogen-bond donors (Lipinski definition) is 2. The maximum Gasteiger partial charge on any atom is 0.193 e. The van der Waals surface area contributed by atoms with Gasteiger partial charge in [-0.05, 0) is 285 Å². The van der Waals surface area contributed by atoms with Gasteiger partial charge in [-0.25, -0.2) is 4.39 Å². The van der Waals surface area contributed by atoms with Crippen LogP contribution in [0.2, 0.25) is 0 Å². The van der Waals surface area contributed by atoms with Crippen LogP contribution in [0.3, 0.4) is 0 Å². The summed E-state index contributed by atoms with van der Waals surface area (Å²) < 4.78 is 35.5. The maximum atomic E-state index is 13.6.